The molecule has 0 bridgehead atoms. The number of aliphatic hydroxyl groups excluding tert-OH is 1. The van der Waals surface area contributed by atoms with Crippen LogP contribution >= 0.6 is 0 Å². The molecule has 0 aliphatic carbocycles. The van der Waals surface area contributed by atoms with Crippen LogP contribution < -0.4 is 0 Å². The summed E-state index contributed by atoms with van der Waals surface area (Å²) < 4.78 is 1.96. The minimum absolute atomic E-state index is 0.0603. The number of carbonyl (C=O) groups is 1. The van der Waals surface area contributed by atoms with Crippen molar-refractivity contribution in [2.45, 2.75) is 27.3 Å². The van der Waals surface area contributed by atoms with Gasteiger partial charge in [-0.05, 0) is 19.1 Å². The van der Waals surface area contributed by atoms with Gasteiger partial charge in [0.1, 0.15) is 11.3 Å². The fourth-order valence-electron chi connectivity index (χ4n) is 2.11. The molecule has 2 N–H and O–H groups in total. The fraction of sp³-hybridized carbons (Fsp3) is 0.429. The molecule has 5 heteroatoms. The molecule has 0 aliphatic rings. The van der Waals surface area contributed by atoms with Crippen molar-refractivity contribution in [1.82, 2.24) is 9.55 Å². The van der Waals surface area contributed by atoms with Gasteiger partial charge < -0.3 is 14.8 Å². The number of imidazole rings is 1. The second-order valence-electron chi connectivity index (χ2n) is 5.55. The molecule has 0 aliphatic heterocycles. The Kier molecular flexibility index (Phi) is 3.32. The first-order valence-electron chi connectivity index (χ1n) is 6.16. The molecule has 0 amide bonds. The van der Waals surface area contributed by atoms with E-state index in [0.717, 1.165) is 11.3 Å². The van der Waals surface area contributed by atoms with Crippen LogP contribution in [0.3, 0.4) is 0 Å². The van der Waals surface area contributed by atoms with Crippen molar-refractivity contribution in [3.05, 3.63) is 29.6 Å². The molecule has 5 nitrogen and oxygen atoms in total. The Morgan fingerprint density at radius 1 is 1.42 bits per heavy atom. The molecule has 1 heterocycles. The highest BCUT2D eigenvalue weighted by molar-refractivity contribution is 6.01. The zero-order valence-corrected chi connectivity index (χ0v) is 11.3. The number of rotatable bonds is 4. The Balaban J connectivity index is 2.60. The summed E-state index contributed by atoms with van der Waals surface area (Å²) in [6, 6.07) is 5.13. The van der Waals surface area contributed by atoms with Crippen LogP contribution in [0, 0.1) is 12.3 Å². The normalized spacial score (nSPS) is 12.0. The van der Waals surface area contributed by atoms with Gasteiger partial charge in [0.25, 0.3) is 0 Å². The highest BCUT2D eigenvalue weighted by Crippen LogP contribution is 2.25. The summed E-state index contributed by atoms with van der Waals surface area (Å²) in [5.41, 5.74) is 1.22. The second-order valence-corrected chi connectivity index (χ2v) is 5.55. The van der Waals surface area contributed by atoms with Crippen LogP contribution in [-0.4, -0.2) is 32.3 Å². The van der Waals surface area contributed by atoms with E-state index in [1.807, 2.05) is 31.4 Å². The van der Waals surface area contributed by atoms with Crippen molar-refractivity contribution in [3.63, 3.8) is 0 Å². The number of aromatic nitrogens is 2. The largest absolute Gasteiger partial charge is 0.478 e. The maximum atomic E-state index is 11.2. The number of carboxylic acid groups (broad SMARTS) is 1. The molecule has 0 radical (unpaired) electrons. The zero-order valence-electron chi connectivity index (χ0n) is 11.3. The second kappa shape index (κ2) is 4.66. The first-order valence-corrected chi connectivity index (χ1v) is 6.16. The van der Waals surface area contributed by atoms with E-state index in [0.29, 0.717) is 12.1 Å². The van der Waals surface area contributed by atoms with Crippen molar-refractivity contribution in [1.29, 1.82) is 0 Å². The number of fused-ring (bicyclic) bond motifs is 1. The van der Waals surface area contributed by atoms with E-state index in [1.165, 1.54) is 0 Å². The SMILES string of the molecule is Cc1nc2c(C(=O)O)cccc2n1CC(C)(C)CO. The maximum absolute atomic E-state index is 11.2. The average Bonchev–Trinajstić information content (AvgIpc) is 2.65. The third kappa shape index (κ3) is 2.46. The summed E-state index contributed by atoms with van der Waals surface area (Å²) in [6.07, 6.45) is 0. The van der Waals surface area contributed by atoms with Gasteiger partial charge in [0.2, 0.25) is 0 Å². The number of hydrogen-bond acceptors (Lipinski definition) is 3. The summed E-state index contributed by atoms with van der Waals surface area (Å²) in [5, 5.41) is 18.5. The van der Waals surface area contributed by atoms with Crippen molar-refractivity contribution in [2.75, 3.05) is 6.61 Å². The molecule has 0 atom stereocenters. The van der Waals surface area contributed by atoms with Gasteiger partial charge in [0.15, 0.2) is 0 Å². The molecule has 0 saturated carbocycles. The van der Waals surface area contributed by atoms with Crippen LogP contribution in [0.25, 0.3) is 11.0 Å². The smallest absolute Gasteiger partial charge is 0.337 e. The lowest BCUT2D eigenvalue weighted by atomic mass is 9.95. The molecular formula is C14H18N2O3. The van der Waals surface area contributed by atoms with Crippen LogP contribution in [0.5, 0.6) is 0 Å². The predicted octanol–water partition coefficient (Wildman–Crippen LogP) is 2.06. The fourth-order valence-corrected chi connectivity index (χ4v) is 2.11. The lowest BCUT2D eigenvalue weighted by molar-refractivity contribution is 0.0699. The summed E-state index contributed by atoms with van der Waals surface area (Å²) >= 11 is 0. The quantitative estimate of drug-likeness (QED) is 0.884. The van der Waals surface area contributed by atoms with Gasteiger partial charge in [-0.25, -0.2) is 9.78 Å². The molecule has 102 valence electrons. The molecule has 0 spiro atoms. The Hall–Kier alpha value is -1.88. The molecule has 2 rings (SSSR count). The third-order valence-corrected chi connectivity index (χ3v) is 3.21. The minimum Gasteiger partial charge on any atom is -0.478 e. The van der Waals surface area contributed by atoms with E-state index in [4.69, 9.17) is 0 Å². The maximum Gasteiger partial charge on any atom is 0.337 e. The zero-order chi connectivity index (χ0) is 14.2. The number of aromatic carboxylic acids is 1. The number of nitrogens with zero attached hydrogens (tertiary/aromatic N) is 2. The summed E-state index contributed by atoms with van der Waals surface area (Å²) in [4.78, 5) is 15.5. The Morgan fingerprint density at radius 3 is 2.68 bits per heavy atom. The van der Waals surface area contributed by atoms with E-state index in [2.05, 4.69) is 4.98 Å². The summed E-state index contributed by atoms with van der Waals surface area (Å²) in [6.45, 7) is 6.41. The van der Waals surface area contributed by atoms with E-state index >= 15 is 0 Å². The van der Waals surface area contributed by atoms with Gasteiger partial charge in [-0.2, -0.15) is 0 Å². The average molecular weight is 262 g/mol. The molecule has 2 aromatic rings. The van der Waals surface area contributed by atoms with Crippen molar-refractivity contribution in [3.8, 4) is 0 Å². The van der Waals surface area contributed by atoms with Crippen LogP contribution in [0.1, 0.15) is 30.0 Å². The topological polar surface area (TPSA) is 75.3 Å². The van der Waals surface area contributed by atoms with Gasteiger partial charge in [-0.3, -0.25) is 0 Å². The minimum atomic E-state index is -0.975. The third-order valence-electron chi connectivity index (χ3n) is 3.21. The van der Waals surface area contributed by atoms with Crippen LogP contribution in [0.4, 0.5) is 0 Å². The first-order chi connectivity index (χ1) is 8.85. The Bertz CT molecular complexity index is 629. The molecule has 1 aromatic carbocycles. The number of hydrogen-bond donors (Lipinski definition) is 2. The van der Waals surface area contributed by atoms with Gasteiger partial charge in [0, 0.05) is 18.6 Å². The van der Waals surface area contributed by atoms with E-state index in [-0.39, 0.29) is 17.6 Å². The highest BCUT2D eigenvalue weighted by Gasteiger charge is 2.21. The predicted molar refractivity (Wildman–Crippen MR) is 72.3 cm³/mol. The van der Waals surface area contributed by atoms with E-state index in [9.17, 15) is 15.0 Å². The van der Waals surface area contributed by atoms with Crippen LogP contribution in [-0.2, 0) is 6.54 Å². The lowest BCUT2D eigenvalue weighted by Crippen LogP contribution is -2.24. The van der Waals surface area contributed by atoms with Gasteiger partial charge in [-0.15, -0.1) is 0 Å². The molecular weight excluding hydrogens is 244 g/mol. The number of carboxylic acids is 1. The summed E-state index contributed by atoms with van der Waals surface area (Å²) in [7, 11) is 0. The summed E-state index contributed by atoms with van der Waals surface area (Å²) in [5.74, 6) is -0.220. The first kappa shape index (κ1) is 13.5. The number of benzene rings is 1. The molecule has 0 fully saturated rings. The Morgan fingerprint density at radius 2 is 2.11 bits per heavy atom. The number of para-hydroxylation sites is 1. The molecule has 0 unspecified atom stereocenters. The monoisotopic (exact) mass is 262 g/mol. The van der Waals surface area contributed by atoms with Gasteiger partial charge in [0.05, 0.1) is 11.1 Å². The van der Waals surface area contributed by atoms with Gasteiger partial charge >= 0.3 is 5.97 Å². The van der Waals surface area contributed by atoms with Crippen molar-refractivity contribution >= 4 is 17.0 Å². The van der Waals surface area contributed by atoms with Crippen molar-refractivity contribution in [2.24, 2.45) is 5.41 Å². The van der Waals surface area contributed by atoms with Crippen LogP contribution in [0.2, 0.25) is 0 Å². The lowest BCUT2D eigenvalue weighted by Gasteiger charge is -2.23. The molecule has 0 saturated heterocycles. The standard InChI is InChI=1S/C14H18N2O3/c1-9-15-12-10(13(18)19)5-4-6-11(12)16(9)7-14(2,3)8-17/h4-6,17H,7-8H2,1-3H3,(H,18,19). The number of aryl methyl sites for hydroxylation is 1. The Labute approximate surface area is 111 Å². The van der Waals surface area contributed by atoms with E-state index in [1.54, 1.807) is 12.1 Å². The van der Waals surface area contributed by atoms with Gasteiger partial charge in [-0.1, -0.05) is 19.9 Å². The van der Waals surface area contributed by atoms with E-state index < -0.39 is 5.97 Å². The number of aliphatic hydroxyl groups is 1. The molecule has 19 heavy (non-hydrogen) atoms. The molecule has 1 aromatic heterocycles. The highest BCUT2D eigenvalue weighted by atomic mass is 16.4. The van der Waals surface area contributed by atoms with Crippen molar-refractivity contribution < 1.29 is 15.0 Å². The van der Waals surface area contributed by atoms with Crippen LogP contribution in [0.15, 0.2) is 18.2 Å².